The van der Waals surface area contributed by atoms with Crippen LogP contribution in [-0.4, -0.2) is 72.5 Å². The number of halogens is 4. The first-order chi connectivity index (χ1) is 12.8. The van der Waals surface area contributed by atoms with Crippen molar-refractivity contribution < 1.29 is 22.8 Å². The number of nitrogens with zero attached hydrogens (tertiary/aromatic N) is 4. The topological polar surface area (TPSA) is 68.8 Å². The molecule has 7 nitrogen and oxygen atoms in total. The van der Waals surface area contributed by atoms with Crippen LogP contribution in [0.5, 0.6) is 0 Å². The van der Waals surface area contributed by atoms with Crippen molar-refractivity contribution in [1.82, 2.24) is 20.1 Å². The Bertz CT molecular complexity index is 706. The fourth-order valence-electron chi connectivity index (χ4n) is 3.14. The van der Waals surface area contributed by atoms with Gasteiger partial charge in [-0.05, 0) is 19.0 Å². The van der Waals surface area contributed by atoms with Crippen LogP contribution in [0, 0.1) is 0 Å². The molecule has 27 heavy (non-hydrogen) atoms. The molecule has 1 aromatic rings. The van der Waals surface area contributed by atoms with Crippen LogP contribution in [-0.2, 0) is 11.0 Å². The molecule has 0 aromatic carbocycles. The van der Waals surface area contributed by atoms with Gasteiger partial charge in [-0.1, -0.05) is 11.6 Å². The van der Waals surface area contributed by atoms with E-state index in [1.807, 2.05) is 4.90 Å². The molecule has 0 spiro atoms. The number of nitrogens with one attached hydrogen (secondary N) is 1. The molecule has 1 aromatic heterocycles. The molecule has 0 atom stereocenters. The Kier molecular flexibility index (Phi) is 5.75. The second kappa shape index (κ2) is 7.89. The lowest BCUT2D eigenvalue weighted by Crippen LogP contribution is -2.47. The first kappa shape index (κ1) is 19.7. The minimum absolute atomic E-state index is 0.0168. The number of carbonyl (C=O) groups is 2. The normalized spacial score (nSPS) is 19.0. The number of imide groups is 1. The van der Waals surface area contributed by atoms with Crippen molar-refractivity contribution in [3.63, 3.8) is 0 Å². The van der Waals surface area contributed by atoms with Crippen LogP contribution in [0.4, 0.5) is 23.8 Å². The number of piperazine rings is 1. The van der Waals surface area contributed by atoms with Gasteiger partial charge >= 0.3 is 12.2 Å². The van der Waals surface area contributed by atoms with Crippen LogP contribution >= 0.6 is 11.6 Å². The average Bonchev–Trinajstić information content (AvgIpc) is 2.93. The number of carbonyl (C=O) groups excluding carboxylic acids is 2. The third kappa shape index (κ3) is 4.62. The number of pyridine rings is 1. The summed E-state index contributed by atoms with van der Waals surface area (Å²) in [6.45, 7) is 3.70. The van der Waals surface area contributed by atoms with Crippen molar-refractivity contribution in [3.05, 3.63) is 22.8 Å². The van der Waals surface area contributed by atoms with Crippen LogP contribution in [0.3, 0.4) is 0 Å². The van der Waals surface area contributed by atoms with Gasteiger partial charge in [0.2, 0.25) is 5.91 Å². The average molecular weight is 406 g/mol. The Hall–Kier alpha value is -2.07. The highest BCUT2D eigenvalue weighted by Crippen LogP contribution is 2.33. The summed E-state index contributed by atoms with van der Waals surface area (Å²) in [5.74, 6) is 0.136. The molecule has 2 aliphatic rings. The molecular weight excluding hydrogens is 387 g/mol. The van der Waals surface area contributed by atoms with Gasteiger partial charge in [0.15, 0.2) is 0 Å². The number of aromatic nitrogens is 1. The van der Waals surface area contributed by atoms with Gasteiger partial charge in [-0.15, -0.1) is 0 Å². The third-order valence-electron chi connectivity index (χ3n) is 4.61. The minimum atomic E-state index is -4.47. The summed E-state index contributed by atoms with van der Waals surface area (Å²) in [6, 6.07) is 0.543. The van der Waals surface area contributed by atoms with Gasteiger partial charge < -0.3 is 10.2 Å². The summed E-state index contributed by atoms with van der Waals surface area (Å²) in [4.78, 5) is 32.1. The van der Waals surface area contributed by atoms with E-state index in [0.717, 1.165) is 18.8 Å². The molecule has 2 saturated heterocycles. The highest BCUT2D eigenvalue weighted by atomic mass is 35.5. The van der Waals surface area contributed by atoms with Crippen molar-refractivity contribution in [1.29, 1.82) is 0 Å². The van der Waals surface area contributed by atoms with E-state index in [4.69, 9.17) is 11.6 Å². The molecule has 0 radical (unpaired) electrons. The maximum atomic E-state index is 12.7. The molecule has 0 unspecified atom stereocenters. The van der Waals surface area contributed by atoms with Crippen molar-refractivity contribution in [2.24, 2.45) is 0 Å². The number of rotatable bonds is 5. The number of anilines is 1. The number of hydrogen-bond donors (Lipinski definition) is 1. The summed E-state index contributed by atoms with van der Waals surface area (Å²) < 4.78 is 38.1. The van der Waals surface area contributed by atoms with E-state index in [1.54, 1.807) is 0 Å². The smallest absolute Gasteiger partial charge is 0.353 e. The van der Waals surface area contributed by atoms with E-state index in [0.29, 0.717) is 45.0 Å². The van der Waals surface area contributed by atoms with E-state index < -0.39 is 11.7 Å². The monoisotopic (exact) mass is 405 g/mol. The van der Waals surface area contributed by atoms with E-state index in [1.165, 1.54) is 4.90 Å². The van der Waals surface area contributed by atoms with Crippen LogP contribution in [0.1, 0.15) is 12.0 Å². The Morgan fingerprint density at radius 1 is 1.15 bits per heavy atom. The molecule has 11 heteroatoms. The van der Waals surface area contributed by atoms with Crippen LogP contribution in [0.15, 0.2) is 12.3 Å². The van der Waals surface area contributed by atoms with E-state index >= 15 is 0 Å². The zero-order valence-electron chi connectivity index (χ0n) is 14.4. The molecule has 0 aliphatic carbocycles. The lowest BCUT2D eigenvalue weighted by molar-refractivity contribution is -0.137. The van der Waals surface area contributed by atoms with Gasteiger partial charge in [0.25, 0.3) is 0 Å². The minimum Gasteiger partial charge on any atom is -0.353 e. The lowest BCUT2D eigenvalue weighted by Gasteiger charge is -2.36. The van der Waals surface area contributed by atoms with Gasteiger partial charge in [-0.3, -0.25) is 14.6 Å². The van der Waals surface area contributed by atoms with Gasteiger partial charge in [0.05, 0.1) is 17.1 Å². The molecule has 2 fully saturated rings. The predicted molar refractivity (Wildman–Crippen MR) is 92.6 cm³/mol. The first-order valence-electron chi connectivity index (χ1n) is 8.54. The maximum absolute atomic E-state index is 12.7. The van der Waals surface area contributed by atoms with Crippen molar-refractivity contribution >= 4 is 29.4 Å². The van der Waals surface area contributed by atoms with Crippen molar-refractivity contribution in [2.75, 3.05) is 50.7 Å². The third-order valence-corrected chi connectivity index (χ3v) is 4.89. The molecule has 3 rings (SSSR count). The number of hydrogen-bond acceptors (Lipinski definition) is 5. The molecule has 3 heterocycles. The summed E-state index contributed by atoms with van der Waals surface area (Å²) >= 11 is 6.00. The number of amides is 3. The van der Waals surface area contributed by atoms with E-state index in [2.05, 4.69) is 15.2 Å². The number of alkyl halides is 3. The molecule has 3 amide bonds. The number of urea groups is 1. The summed E-state index contributed by atoms with van der Waals surface area (Å²) in [5.41, 5.74) is -0.865. The maximum Gasteiger partial charge on any atom is 0.417 e. The van der Waals surface area contributed by atoms with Crippen LogP contribution in [0.2, 0.25) is 5.02 Å². The fraction of sp³-hybridized carbons (Fsp3) is 0.562. The van der Waals surface area contributed by atoms with E-state index in [-0.39, 0.29) is 23.5 Å². The van der Waals surface area contributed by atoms with Gasteiger partial charge in [-0.2, -0.15) is 13.2 Å². The van der Waals surface area contributed by atoms with Crippen molar-refractivity contribution in [3.8, 4) is 0 Å². The van der Waals surface area contributed by atoms with Gasteiger partial charge in [0.1, 0.15) is 5.82 Å². The van der Waals surface area contributed by atoms with Gasteiger partial charge in [-0.25, -0.2) is 9.78 Å². The first-order valence-corrected chi connectivity index (χ1v) is 8.92. The standard InChI is InChI=1S/C16H19ClF3N5O2/c17-12-8-11(16(18,19)20)9-21-14(12)24-6-4-23(5-7-24)2-1-3-25-13(26)10-22-15(25)27/h8-9H,1-7,10H2,(H,22,27). The summed E-state index contributed by atoms with van der Waals surface area (Å²) in [6.07, 6.45) is -3.01. The highest BCUT2D eigenvalue weighted by molar-refractivity contribution is 6.33. The Labute approximate surface area is 159 Å². The fourth-order valence-corrected chi connectivity index (χ4v) is 3.42. The largest absolute Gasteiger partial charge is 0.417 e. The molecule has 0 saturated carbocycles. The molecule has 0 bridgehead atoms. The quantitative estimate of drug-likeness (QED) is 0.757. The Morgan fingerprint density at radius 3 is 2.41 bits per heavy atom. The molecule has 148 valence electrons. The zero-order valence-corrected chi connectivity index (χ0v) is 15.2. The lowest BCUT2D eigenvalue weighted by atomic mass is 10.2. The summed E-state index contributed by atoms with van der Waals surface area (Å²) in [5, 5.41) is 2.46. The second-order valence-corrected chi connectivity index (χ2v) is 6.82. The SMILES string of the molecule is O=C1CNC(=O)N1CCCN1CCN(c2ncc(C(F)(F)F)cc2Cl)CC1. The Morgan fingerprint density at radius 2 is 1.85 bits per heavy atom. The van der Waals surface area contributed by atoms with E-state index in [9.17, 15) is 22.8 Å². The molecular formula is C16H19ClF3N5O2. The predicted octanol–water partition coefficient (Wildman–Crippen LogP) is 1.82. The molecule has 1 N–H and O–H groups in total. The summed E-state index contributed by atoms with van der Waals surface area (Å²) in [7, 11) is 0. The second-order valence-electron chi connectivity index (χ2n) is 6.41. The Balaban J connectivity index is 1.47. The van der Waals surface area contributed by atoms with Crippen LogP contribution in [0.25, 0.3) is 0 Å². The van der Waals surface area contributed by atoms with Crippen LogP contribution < -0.4 is 10.2 Å². The molecule has 2 aliphatic heterocycles. The van der Waals surface area contributed by atoms with Crippen molar-refractivity contribution in [2.45, 2.75) is 12.6 Å². The zero-order chi connectivity index (χ0) is 19.6. The van der Waals surface area contributed by atoms with Gasteiger partial charge in [0, 0.05) is 38.9 Å². The highest BCUT2D eigenvalue weighted by Gasteiger charge is 2.32.